The Labute approximate surface area is 232 Å². The number of hydrogen-bond acceptors (Lipinski definition) is 7. The molecule has 0 saturated carbocycles. The van der Waals surface area contributed by atoms with E-state index in [0.29, 0.717) is 25.9 Å². The van der Waals surface area contributed by atoms with Crippen LogP contribution in [0.15, 0.2) is 57.5 Å². The fourth-order valence-electron chi connectivity index (χ4n) is 4.69. The Hall–Kier alpha value is -1.96. The predicted molar refractivity (Wildman–Crippen MR) is 155 cm³/mol. The fourth-order valence-corrected chi connectivity index (χ4v) is 8.16. The van der Waals surface area contributed by atoms with Crippen molar-refractivity contribution < 1.29 is 30.5 Å². The molecule has 1 atom stereocenters. The van der Waals surface area contributed by atoms with Gasteiger partial charge in [0.25, 0.3) is 25.2 Å². The first-order valence-electron chi connectivity index (χ1n) is 12.3. The first kappa shape index (κ1) is 29.0. The Morgan fingerprint density at radius 2 is 1.82 bits per heavy atom. The molecule has 1 aliphatic carbocycles. The van der Waals surface area contributed by atoms with E-state index in [0.717, 1.165) is 37.8 Å². The quantitative estimate of drug-likeness (QED) is 0.292. The molecule has 1 aliphatic heterocycles. The zero-order valence-electron chi connectivity index (χ0n) is 21.6. The van der Waals surface area contributed by atoms with E-state index in [9.17, 15) is 25.9 Å². The minimum atomic E-state index is -4.03. The third kappa shape index (κ3) is 7.57. The van der Waals surface area contributed by atoms with Crippen LogP contribution in [-0.2, 0) is 26.8 Å². The molecular weight excluding hydrogens is 565 g/mol. The van der Waals surface area contributed by atoms with Gasteiger partial charge in [-0.15, -0.1) is 0 Å². The second-order valence-corrected chi connectivity index (χ2v) is 15.1. The monoisotopic (exact) mass is 597 g/mol. The maximum absolute atomic E-state index is 11.3. The lowest BCUT2D eigenvalue weighted by Crippen LogP contribution is -2.36. The summed E-state index contributed by atoms with van der Waals surface area (Å²) in [7, 11) is -8.05. The van der Waals surface area contributed by atoms with Gasteiger partial charge in [-0.1, -0.05) is 46.9 Å². The number of aryl methyl sites for hydroxylation is 2. The van der Waals surface area contributed by atoms with Gasteiger partial charge in [0.05, 0.1) is 22.6 Å². The van der Waals surface area contributed by atoms with E-state index < -0.39 is 20.2 Å². The Morgan fingerprint density at radius 3 is 2.53 bits per heavy atom. The third-order valence-electron chi connectivity index (χ3n) is 6.43. The van der Waals surface area contributed by atoms with Crippen LogP contribution in [0.5, 0.6) is 0 Å². The van der Waals surface area contributed by atoms with Crippen LogP contribution < -0.4 is 4.57 Å². The molecule has 0 amide bonds. The highest BCUT2D eigenvalue weighted by Gasteiger charge is 2.34. The molecule has 2 aromatic rings. The lowest BCUT2D eigenvalue weighted by Gasteiger charge is -2.28. The van der Waals surface area contributed by atoms with Crippen molar-refractivity contribution in [3.8, 4) is 0 Å². The minimum absolute atomic E-state index is 0.156. The summed E-state index contributed by atoms with van der Waals surface area (Å²) in [6, 6.07) is 6.36. The predicted octanol–water partition coefficient (Wildman–Crippen LogP) is 4.95. The number of benzene rings is 1. The summed E-state index contributed by atoms with van der Waals surface area (Å²) in [5, 5.41) is 2.01. The van der Waals surface area contributed by atoms with Crippen LogP contribution in [0.2, 0.25) is 0 Å². The first-order chi connectivity index (χ1) is 17.8. The lowest BCUT2D eigenvalue weighted by molar-refractivity contribution is -0.668. The SMILES string of the molecule is CC(=Cc1sc2ccc(C)cc2[n+]1CCCS(=O)(=O)O)C=C1SC2=CC=C(C)CC2N1CCCS(=O)(=O)O. The van der Waals surface area contributed by atoms with Crippen LogP contribution in [0.4, 0.5) is 0 Å². The van der Waals surface area contributed by atoms with Gasteiger partial charge in [0.2, 0.25) is 5.52 Å². The van der Waals surface area contributed by atoms with Gasteiger partial charge in [0.1, 0.15) is 4.70 Å². The van der Waals surface area contributed by atoms with E-state index in [2.05, 4.69) is 58.9 Å². The fraction of sp³-hybridized carbons (Fsp3) is 0.423. The van der Waals surface area contributed by atoms with Crippen LogP contribution in [0.3, 0.4) is 0 Å². The Kier molecular flexibility index (Phi) is 8.90. The van der Waals surface area contributed by atoms with Gasteiger partial charge in [-0.05, 0) is 56.9 Å². The second-order valence-electron chi connectivity index (χ2n) is 9.81. The molecule has 1 aromatic heterocycles. The van der Waals surface area contributed by atoms with Crippen molar-refractivity contribution in [1.29, 1.82) is 0 Å². The molecular formula is C26H33N2O6S4+. The Bertz CT molecular complexity index is 1570. The standard InChI is InChI=1S/C26H32N2O6S4/c1-18-6-8-23-21(14-18)27(10-4-12-37(29,30)31)25(35-23)16-20(3)17-26-28(11-5-13-38(32,33)34)22-15-19(2)7-9-24(22)36-26/h6-9,14,16-17,22H,4-5,10-13,15H2,1-3H3,(H-,29,30,31,32,33,34)/p+1. The number of allylic oxidation sites excluding steroid dienone is 4. The number of nitrogens with zero attached hydrogens (tertiary/aromatic N) is 2. The molecule has 0 bridgehead atoms. The minimum Gasteiger partial charge on any atom is -0.358 e. The van der Waals surface area contributed by atoms with E-state index in [1.165, 1.54) is 10.5 Å². The molecule has 206 valence electrons. The van der Waals surface area contributed by atoms with Crippen molar-refractivity contribution in [2.24, 2.45) is 0 Å². The van der Waals surface area contributed by atoms with Crippen molar-refractivity contribution in [2.75, 3.05) is 18.1 Å². The first-order valence-corrected chi connectivity index (χ1v) is 17.2. The summed E-state index contributed by atoms with van der Waals surface area (Å²) in [4.78, 5) is 3.45. The zero-order valence-corrected chi connectivity index (χ0v) is 24.9. The Balaban J connectivity index is 1.65. The number of fused-ring (bicyclic) bond motifs is 2. The van der Waals surface area contributed by atoms with Crippen LogP contribution in [0.25, 0.3) is 16.3 Å². The van der Waals surface area contributed by atoms with Crippen LogP contribution in [0.1, 0.15) is 43.7 Å². The van der Waals surface area contributed by atoms with Crippen LogP contribution in [-0.4, -0.2) is 54.9 Å². The van der Waals surface area contributed by atoms with Gasteiger partial charge < -0.3 is 4.90 Å². The smallest absolute Gasteiger partial charge is 0.265 e. The normalized spacial score (nSPS) is 19.7. The van der Waals surface area contributed by atoms with Crippen molar-refractivity contribution in [3.05, 3.63) is 68.1 Å². The highest BCUT2D eigenvalue weighted by atomic mass is 32.2. The number of aromatic nitrogens is 1. The zero-order chi connectivity index (χ0) is 27.7. The summed E-state index contributed by atoms with van der Waals surface area (Å²) in [6.07, 6.45) is 9.92. The summed E-state index contributed by atoms with van der Waals surface area (Å²) in [5.41, 5.74) is 4.40. The molecule has 2 aliphatic rings. The molecule has 4 rings (SSSR count). The highest BCUT2D eigenvalue weighted by Crippen LogP contribution is 2.46. The van der Waals surface area contributed by atoms with E-state index in [1.54, 1.807) is 23.1 Å². The maximum atomic E-state index is 11.3. The van der Waals surface area contributed by atoms with E-state index in [-0.39, 0.29) is 17.5 Å². The molecule has 12 heteroatoms. The van der Waals surface area contributed by atoms with E-state index >= 15 is 0 Å². The molecule has 1 unspecified atom stereocenters. The van der Waals surface area contributed by atoms with Crippen molar-refractivity contribution in [2.45, 2.75) is 52.6 Å². The van der Waals surface area contributed by atoms with Crippen LogP contribution >= 0.6 is 23.1 Å². The number of hydrogen-bond donors (Lipinski definition) is 2. The van der Waals surface area contributed by atoms with Gasteiger partial charge in [-0.3, -0.25) is 9.11 Å². The lowest BCUT2D eigenvalue weighted by atomic mass is 10.0. The maximum Gasteiger partial charge on any atom is 0.265 e. The van der Waals surface area contributed by atoms with Gasteiger partial charge >= 0.3 is 0 Å². The molecule has 0 radical (unpaired) electrons. The topological polar surface area (TPSA) is 116 Å². The summed E-state index contributed by atoms with van der Waals surface area (Å²) in [5.74, 6) is -0.573. The van der Waals surface area contributed by atoms with Crippen molar-refractivity contribution in [3.63, 3.8) is 0 Å². The molecule has 1 aromatic carbocycles. The van der Waals surface area contributed by atoms with Crippen LogP contribution in [0, 0.1) is 6.92 Å². The van der Waals surface area contributed by atoms with E-state index in [4.69, 9.17) is 0 Å². The summed E-state index contributed by atoms with van der Waals surface area (Å²) >= 11 is 3.31. The molecule has 1 saturated heterocycles. The number of thioether (sulfide) groups is 1. The van der Waals surface area contributed by atoms with Crippen molar-refractivity contribution >= 4 is 59.6 Å². The van der Waals surface area contributed by atoms with E-state index in [1.807, 2.05) is 13.8 Å². The van der Waals surface area contributed by atoms with Gasteiger partial charge in [0.15, 0.2) is 6.54 Å². The van der Waals surface area contributed by atoms with Crippen molar-refractivity contribution in [1.82, 2.24) is 4.90 Å². The average Bonchev–Trinajstić information content (AvgIpc) is 3.29. The number of rotatable bonds is 10. The molecule has 8 nitrogen and oxygen atoms in total. The summed E-state index contributed by atoms with van der Waals surface area (Å²) in [6.45, 7) is 7.09. The molecule has 38 heavy (non-hydrogen) atoms. The molecule has 0 spiro atoms. The average molecular weight is 598 g/mol. The second kappa shape index (κ2) is 11.6. The Morgan fingerprint density at radius 1 is 1.11 bits per heavy atom. The molecule has 2 heterocycles. The highest BCUT2D eigenvalue weighted by molar-refractivity contribution is 8.07. The molecule has 1 fully saturated rings. The van der Waals surface area contributed by atoms with Gasteiger partial charge in [-0.25, -0.2) is 0 Å². The third-order valence-corrected chi connectivity index (χ3v) is 10.4. The number of thiazole rings is 1. The van der Waals surface area contributed by atoms with Gasteiger partial charge in [0, 0.05) is 30.0 Å². The summed E-state index contributed by atoms with van der Waals surface area (Å²) < 4.78 is 66.8. The molecule has 2 N–H and O–H groups in total. The van der Waals surface area contributed by atoms with Gasteiger partial charge in [-0.2, -0.15) is 21.4 Å². The largest absolute Gasteiger partial charge is 0.358 e.